The average Bonchev–Trinajstić information content (AvgIpc) is 2.88. The van der Waals surface area contributed by atoms with Gasteiger partial charge >= 0.3 is 0 Å². The number of thiophene rings is 1. The van der Waals surface area contributed by atoms with Crippen molar-refractivity contribution < 1.29 is 9.90 Å². The number of nitrogens with one attached hydrogen (secondary N) is 2. The Morgan fingerprint density at radius 3 is 2.92 bits per heavy atom. The molecule has 1 amide bonds. The van der Waals surface area contributed by atoms with E-state index in [0.717, 1.165) is 44.5 Å². The maximum atomic E-state index is 12.7. The third-order valence-electron chi connectivity index (χ3n) is 4.90. The van der Waals surface area contributed by atoms with Crippen LogP contribution in [0.5, 0.6) is 5.75 Å². The molecule has 0 radical (unpaired) electrons. The lowest BCUT2D eigenvalue weighted by Crippen LogP contribution is -2.38. The quantitative estimate of drug-likeness (QED) is 0.562. The van der Waals surface area contributed by atoms with Crippen LogP contribution in [0.15, 0.2) is 12.1 Å². The topological polar surface area (TPSA) is 61.4 Å². The van der Waals surface area contributed by atoms with E-state index >= 15 is 0 Å². The molecule has 4 nitrogen and oxygen atoms in total. The summed E-state index contributed by atoms with van der Waals surface area (Å²) < 4.78 is 1.04. The number of phenols is 1. The molecule has 0 bridgehead atoms. The normalized spacial score (nSPS) is 22.4. The predicted molar refractivity (Wildman–Crippen MR) is 105 cm³/mol. The lowest BCUT2D eigenvalue weighted by Gasteiger charge is -2.28. The van der Waals surface area contributed by atoms with Crippen LogP contribution in [0.2, 0.25) is 0 Å². The van der Waals surface area contributed by atoms with Crippen molar-refractivity contribution in [2.75, 3.05) is 5.32 Å². The molecule has 0 saturated heterocycles. The fraction of sp³-hybridized carbons (Fsp3) is 0.389. The zero-order valence-corrected chi connectivity index (χ0v) is 16.5. The summed E-state index contributed by atoms with van der Waals surface area (Å²) >= 11 is 3.93. The van der Waals surface area contributed by atoms with E-state index in [1.807, 2.05) is 19.1 Å². The minimum absolute atomic E-state index is 0.0308. The average molecular weight is 454 g/mol. The van der Waals surface area contributed by atoms with Gasteiger partial charge in [0.15, 0.2) is 0 Å². The van der Waals surface area contributed by atoms with E-state index in [1.54, 1.807) is 11.3 Å². The third kappa shape index (κ3) is 2.60. The monoisotopic (exact) mass is 454 g/mol. The molecule has 4 rings (SSSR count). The van der Waals surface area contributed by atoms with Crippen LogP contribution in [0.4, 0.5) is 5.00 Å². The number of benzene rings is 1. The first-order valence-electron chi connectivity index (χ1n) is 8.15. The van der Waals surface area contributed by atoms with Gasteiger partial charge in [-0.05, 0) is 78.0 Å². The van der Waals surface area contributed by atoms with Crippen molar-refractivity contribution in [3.05, 3.63) is 42.8 Å². The summed E-state index contributed by atoms with van der Waals surface area (Å²) in [6, 6.07) is 3.85. The standard InChI is InChI=1S/C18H19IN2O2S/c1-8-3-4-11-13(5-8)24-18-14(11)17(23)20-16(21-18)12-7-10(19)6-9(2)15(12)22/h6-8,16,21-22H,3-5H2,1-2H3,(H,20,23). The van der Waals surface area contributed by atoms with E-state index in [2.05, 4.69) is 40.1 Å². The highest BCUT2D eigenvalue weighted by molar-refractivity contribution is 14.1. The SMILES string of the molecule is Cc1cc(I)cc(C2NC(=O)c3c(sc4c3CCC(C)C4)N2)c1O. The number of phenolic OH excluding ortho intramolecular Hbond substituents is 1. The Hall–Kier alpha value is -1.28. The summed E-state index contributed by atoms with van der Waals surface area (Å²) in [5.74, 6) is 0.891. The molecule has 1 aromatic heterocycles. The zero-order valence-electron chi connectivity index (χ0n) is 13.6. The van der Waals surface area contributed by atoms with Crippen molar-refractivity contribution in [3.8, 4) is 5.75 Å². The molecule has 2 aliphatic rings. The van der Waals surface area contributed by atoms with Crippen molar-refractivity contribution in [2.45, 2.75) is 39.3 Å². The van der Waals surface area contributed by atoms with Crippen LogP contribution >= 0.6 is 33.9 Å². The molecular weight excluding hydrogens is 435 g/mol. The summed E-state index contributed by atoms with van der Waals surface area (Å²) in [6.45, 7) is 4.15. The first-order chi connectivity index (χ1) is 11.4. The Morgan fingerprint density at radius 2 is 2.12 bits per heavy atom. The van der Waals surface area contributed by atoms with Gasteiger partial charge in [-0.3, -0.25) is 4.79 Å². The van der Waals surface area contributed by atoms with Gasteiger partial charge < -0.3 is 15.7 Å². The van der Waals surface area contributed by atoms with Crippen LogP contribution in [-0.4, -0.2) is 11.0 Å². The molecule has 1 aromatic carbocycles. The molecule has 2 aromatic rings. The fourth-order valence-electron chi connectivity index (χ4n) is 3.60. The summed E-state index contributed by atoms with van der Waals surface area (Å²) in [6.07, 6.45) is 2.79. The van der Waals surface area contributed by atoms with Crippen molar-refractivity contribution in [3.63, 3.8) is 0 Å². The van der Waals surface area contributed by atoms with Crippen LogP contribution in [0, 0.1) is 16.4 Å². The number of rotatable bonds is 1. The molecule has 6 heteroatoms. The van der Waals surface area contributed by atoms with E-state index in [9.17, 15) is 9.90 Å². The van der Waals surface area contributed by atoms with Crippen molar-refractivity contribution in [2.24, 2.45) is 5.92 Å². The van der Waals surface area contributed by atoms with E-state index in [1.165, 1.54) is 10.4 Å². The van der Waals surface area contributed by atoms with Gasteiger partial charge in [0.1, 0.15) is 16.9 Å². The van der Waals surface area contributed by atoms with Crippen LogP contribution < -0.4 is 10.6 Å². The Kier molecular flexibility index (Phi) is 3.99. The highest BCUT2D eigenvalue weighted by atomic mass is 127. The van der Waals surface area contributed by atoms with Crippen molar-refractivity contribution in [1.29, 1.82) is 0 Å². The number of halogens is 1. The number of carbonyl (C=O) groups excluding carboxylic acids is 1. The second-order valence-electron chi connectivity index (χ2n) is 6.77. The first-order valence-corrected chi connectivity index (χ1v) is 10.0. The maximum absolute atomic E-state index is 12.7. The summed E-state index contributed by atoms with van der Waals surface area (Å²) in [7, 11) is 0. The summed E-state index contributed by atoms with van der Waals surface area (Å²) in [4.78, 5) is 14.1. The van der Waals surface area contributed by atoms with Gasteiger partial charge in [-0.2, -0.15) is 0 Å². The van der Waals surface area contributed by atoms with E-state index in [4.69, 9.17) is 0 Å². The molecule has 2 heterocycles. The largest absolute Gasteiger partial charge is 0.507 e. The lowest BCUT2D eigenvalue weighted by molar-refractivity contribution is 0.0935. The van der Waals surface area contributed by atoms with Gasteiger partial charge in [-0.15, -0.1) is 11.3 Å². The second-order valence-corrected chi connectivity index (χ2v) is 9.12. The molecule has 2 unspecified atom stereocenters. The molecule has 1 aliphatic heterocycles. The van der Waals surface area contributed by atoms with E-state index < -0.39 is 6.17 Å². The highest BCUT2D eigenvalue weighted by Gasteiger charge is 2.34. The second kappa shape index (κ2) is 5.91. The van der Waals surface area contributed by atoms with Gasteiger partial charge in [0.2, 0.25) is 0 Å². The number of fused-ring (bicyclic) bond motifs is 3. The highest BCUT2D eigenvalue weighted by Crippen LogP contribution is 2.43. The number of carbonyl (C=O) groups is 1. The van der Waals surface area contributed by atoms with E-state index in [-0.39, 0.29) is 11.7 Å². The molecular formula is C18H19IN2O2S. The zero-order chi connectivity index (χ0) is 17.0. The molecule has 0 spiro atoms. The van der Waals surface area contributed by atoms with Gasteiger partial charge in [-0.1, -0.05) is 6.92 Å². The summed E-state index contributed by atoms with van der Waals surface area (Å²) in [5, 5.41) is 17.8. The maximum Gasteiger partial charge on any atom is 0.256 e. The third-order valence-corrected chi connectivity index (χ3v) is 6.70. The number of hydrogen-bond acceptors (Lipinski definition) is 4. The molecule has 2 atom stereocenters. The predicted octanol–water partition coefficient (Wildman–Crippen LogP) is 4.35. The minimum atomic E-state index is -0.393. The molecule has 3 N–H and O–H groups in total. The Labute approximate surface area is 158 Å². The molecule has 0 saturated carbocycles. The van der Waals surface area contributed by atoms with Crippen LogP contribution in [0.25, 0.3) is 0 Å². The lowest BCUT2D eigenvalue weighted by atomic mass is 9.88. The van der Waals surface area contributed by atoms with Crippen molar-refractivity contribution >= 4 is 44.8 Å². The molecule has 126 valence electrons. The molecule has 24 heavy (non-hydrogen) atoms. The van der Waals surface area contributed by atoms with E-state index in [0.29, 0.717) is 5.92 Å². The fourth-order valence-corrected chi connectivity index (χ4v) is 5.84. The number of aryl methyl sites for hydroxylation is 1. The first kappa shape index (κ1) is 16.2. The minimum Gasteiger partial charge on any atom is -0.507 e. The number of anilines is 1. The van der Waals surface area contributed by atoms with Crippen LogP contribution in [0.1, 0.15) is 51.4 Å². The number of hydrogen-bond donors (Lipinski definition) is 3. The van der Waals surface area contributed by atoms with Gasteiger partial charge in [-0.25, -0.2) is 0 Å². The van der Waals surface area contributed by atoms with Crippen LogP contribution in [0.3, 0.4) is 0 Å². The number of amides is 1. The Bertz CT molecular complexity index is 846. The van der Waals surface area contributed by atoms with Crippen molar-refractivity contribution in [1.82, 2.24) is 5.32 Å². The van der Waals surface area contributed by atoms with Gasteiger partial charge in [0.05, 0.1) is 5.56 Å². The van der Waals surface area contributed by atoms with Gasteiger partial charge in [0.25, 0.3) is 5.91 Å². The van der Waals surface area contributed by atoms with Gasteiger partial charge in [0, 0.05) is 14.0 Å². The molecule has 0 fully saturated rings. The Morgan fingerprint density at radius 1 is 1.33 bits per heavy atom. The smallest absolute Gasteiger partial charge is 0.256 e. The van der Waals surface area contributed by atoms with Crippen LogP contribution in [-0.2, 0) is 12.8 Å². The number of aromatic hydroxyl groups is 1. The Balaban J connectivity index is 1.74. The molecule has 1 aliphatic carbocycles. The summed E-state index contributed by atoms with van der Waals surface area (Å²) in [5.41, 5.74) is 3.58.